The number of hydrazine groups is 1. The van der Waals surface area contributed by atoms with Crippen LogP contribution < -0.4 is 10.9 Å². The lowest BCUT2D eigenvalue weighted by Crippen LogP contribution is -2.57. The number of amides is 1. The predicted molar refractivity (Wildman–Crippen MR) is 141 cm³/mol. The number of hydrogen-bond acceptors (Lipinski definition) is 7. The van der Waals surface area contributed by atoms with Gasteiger partial charge < -0.3 is 14.5 Å². The summed E-state index contributed by atoms with van der Waals surface area (Å²) in [5, 5.41) is 0. The molecule has 4 saturated heterocycles. The van der Waals surface area contributed by atoms with Crippen LogP contribution >= 0.6 is 0 Å². The average Bonchev–Trinajstić information content (AvgIpc) is 3.42. The number of halogens is 3. The fourth-order valence-corrected chi connectivity index (χ4v) is 9.04. The molecule has 0 bridgehead atoms. The van der Waals surface area contributed by atoms with E-state index in [1.807, 2.05) is 4.90 Å². The lowest BCUT2D eigenvalue weighted by molar-refractivity contribution is -0.206. The first-order valence-electron chi connectivity index (χ1n) is 15.1. The molecule has 1 amide bonds. The highest BCUT2D eigenvalue weighted by molar-refractivity contribution is 5.82. The zero-order valence-electron chi connectivity index (χ0n) is 23.8. The van der Waals surface area contributed by atoms with E-state index < -0.39 is 23.9 Å². The summed E-state index contributed by atoms with van der Waals surface area (Å²) in [7, 11) is 4.17. The second kappa shape index (κ2) is 10.7. The van der Waals surface area contributed by atoms with Gasteiger partial charge in [-0.15, -0.1) is 0 Å². The minimum absolute atomic E-state index is 0.00770. The van der Waals surface area contributed by atoms with E-state index in [1.54, 1.807) is 0 Å². The third kappa shape index (κ3) is 5.25. The number of rotatable bonds is 5. The van der Waals surface area contributed by atoms with Crippen LogP contribution in [-0.2, 0) is 9.53 Å². The quantitative estimate of drug-likeness (QED) is 0.539. The van der Waals surface area contributed by atoms with Crippen molar-refractivity contribution in [3.05, 3.63) is 0 Å². The number of carbonyl (C=O) groups is 1. The lowest BCUT2D eigenvalue weighted by atomic mass is 9.64. The number of likely N-dealkylation sites (tertiary alicyclic amines) is 1. The number of ether oxygens (including phenoxy) is 1. The van der Waals surface area contributed by atoms with Gasteiger partial charge in [0, 0.05) is 55.6 Å². The zero-order valence-corrected chi connectivity index (χ0v) is 23.8. The monoisotopic (exact) mass is 556 g/mol. The molecule has 39 heavy (non-hydrogen) atoms. The van der Waals surface area contributed by atoms with E-state index in [0.29, 0.717) is 12.3 Å². The summed E-state index contributed by atoms with van der Waals surface area (Å²) in [5.74, 6) is -2.10. The standard InChI is InChI=1S/C28H47F3N6O2/c1-18-13-34(2)7-8-36(18)21-10-22-23(24(11-21)28(29,30)31)14-37(26(22)38)20-6-4-5-19(9-20)27(15-39-16-27)12-25-33-32-17-35(25)3/h18-25,32-33H,4-17H2,1-3H3/t18-,19?,20?,21?,22?,23?,24?,25?/m1/s1. The first kappa shape index (κ1) is 28.2. The van der Waals surface area contributed by atoms with Crippen LogP contribution in [-0.4, -0.2) is 116 Å². The van der Waals surface area contributed by atoms with Gasteiger partial charge >= 0.3 is 6.18 Å². The number of nitrogens with zero attached hydrogens (tertiary/aromatic N) is 4. The molecule has 0 aromatic carbocycles. The summed E-state index contributed by atoms with van der Waals surface area (Å²) >= 11 is 0. The lowest BCUT2D eigenvalue weighted by Gasteiger charge is -2.52. The Bertz CT molecular complexity index is 903. The molecule has 0 spiro atoms. The van der Waals surface area contributed by atoms with Crippen LogP contribution in [0.15, 0.2) is 0 Å². The molecular weight excluding hydrogens is 509 g/mol. The molecule has 6 rings (SSSR count). The van der Waals surface area contributed by atoms with Crippen LogP contribution in [0.3, 0.4) is 0 Å². The number of nitrogens with one attached hydrogen (secondary N) is 2. The number of alkyl halides is 3. The van der Waals surface area contributed by atoms with Gasteiger partial charge in [-0.3, -0.25) is 14.6 Å². The minimum atomic E-state index is -4.27. The molecule has 2 aliphatic carbocycles. The number of carbonyl (C=O) groups excluding carboxylic acids is 1. The van der Waals surface area contributed by atoms with E-state index in [-0.39, 0.29) is 48.6 Å². The van der Waals surface area contributed by atoms with Crippen molar-refractivity contribution in [3.8, 4) is 0 Å². The summed E-state index contributed by atoms with van der Waals surface area (Å²) in [4.78, 5) is 22.6. The van der Waals surface area contributed by atoms with Crippen molar-refractivity contribution in [2.45, 2.75) is 82.3 Å². The highest BCUT2D eigenvalue weighted by Crippen LogP contribution is 2.52. The summed E-state index contributed by atoms with van der Waals surface area (Å²) in [6.07, 6.45) is 1.56. The summed E-state index contributed by atoms with van der Waals surface area (Å²) in [6, 6.07) is 0.0708. The summed E-state index contributed by atoms with van der Waals surface area (Å²) in [6.45, 7) is 7.15. The van der Waals surface area contributed by atoms with E-state index in [2.05, 4.69) is 46.6 Å². The Kier molecular flexibility index (Phi) is 7.72. The van der Waals surface area contributed by atoms with Gasteiger partial charge in [0.05, 0.1) is 32.0 Å². The molecule has 8 atom stereocenters. The third-order valence-electron chi connectivity index (χ3n) is 11.3. The molecule has 8 nitrogen and oxygen atoms in total. The highest BCUT2D eigenvalue weighted by atomic mass is 19.4. The van der Waals surface area contributed by atoms with Gasteiger partial charge in [-0.2, -0.15) is 13.2 Å². The van der Waals surface area contributed by atoms with Gasteiger partial charge in [0.15, 0.2) is 0 Å². The maximum Gasteiger partial charge on any atom is 0.392 e. The predicted octanol–water partition coefficient (Wildman–Crippen LogP) is 2.33. The van der Waals surface area contributed by atoms with Crippen LogP contribution in [0.1, 0.15) is 51.9 Å². The van der Waals surface area contributed by atoms with Gasteiger partial charge in [-0.1, -0.05) is 6.42 Å². The van der Waals surface area contributed by atoms with E-state index in [9.17, 15) is 18.0 Å². The molecule has 2 N–H and O–H groups in total. The maximum absolute atomic E-state index is 14.5. The van der Waals surface area contributed by atoms with Crippen molar-refractivity contribution in [3.63, 3.8) is 0 Å². The Balaban J connectivity index is 1.17. The van der Waals surface area contributed by atoms with E-state index >= 15 is 0 Å². The van der Waals surface area contributed by atoms with Gasteiger partial charge in [0.25, 0.3) is 0 Å². The number of piperazine rings is 1. The van der Waals surface area contributed by atoms with E-state index in [4.69, 9.17) is 4.74 Å². The van der Waals surface area contributed by atoms with Crippen LogP contribution in [0.25, 0.3) is 0 Å². The van der Waals surface area contributed by atoms with Crippen molar-refractivity contribution in [1.82, 2.24) is 30.5 Å². The molecule has 0 aromatic heterocycles. The number of fused-ring (bicyclic) bond motifs is 1. The fraction of sp³-hybridized carbons (Fsp3) is 0.964. The molecule has 0 radical (unpaired) electrons. The topological polar surface area (TPSA) is 63.3 Å². The molecule has 7 unspecified atom stereocenters. The second-order valence-corrected chi connectivity index (χ2v) is 13.7. The summed E-state index contributed by atoms with van der Waals surface area (Å²) < 4.78 is 49.2. The highest BCUT2D eigenvalue weighted by Gasteiger charge is 2.59. The molecule has 6 fully saturated rings. The fourth-order valence-electron chi connectivity index (χ4n) is 9.04. The van der Waals surface area contributed by atoms with Crippen molar-refractivity contribution in [2.75, 3.05) is 60.2 Å². The van der Waals surface area contributed by atoms with Crippen LogP contribution in [0.4, 0.5) is 13.2 Å². The number of likely N-dealkylation sites (N-methyl/N-ethyl adjacent to an activating group) is 1. The van der Waals surface area contributed by atoms with Crippen molar-refractivity contribution in [2.24, 2.45) is 29.1 Å². The second-order valence-electron chi connectivity index (χ2n) is 13.7. The van der Waals surface area contributed by atoms with Crippen LogP contribution in [0.5, 0.6) is 0 Å². The normalized spacial score (nSPS) is 42.5. The first-order valence-corrected chi connectivity index (χ1v) is 15.1. The third-order valence-corrected chi connectivity index (χ3v) is 11.3. The Labute approximate surface area is 230 Å². The molecule has 6 aliphatic rings. The van der Waals surface area contributed by atoms with Gasteiger partial charge in [0.1, 0.15) is 0 Å². The van der Waals surface area contributed by atoms with Crippen molar-refractivity contribution >= 4 is 5.91 Å². The maximum atomic E-state index is 14.5. The van der Waals surface area contributed by atoms with E-state index in [0.717, 1.165) is 71.6 Å². The SMILES string of the molecule is C[C@@H]1CN(C)CCN1C1CC2C(=O)N(C3CCCC(C4(CC5NNCN5C)COC4)C3)CC2C(C(F)(F)F)C1. The molecule has 2 saturated carbocycles. The Morgan fingerprint density at radius 3 is 2.49 bits per heavy atom. The van der Waals surface area contributed by atoms with Crippen LogP contribution in [0, 0.1) is 29.1 Å². The van der Waals surface area contributed by atoms with Gasteiger partial charge in [-0.25, -0.2) is 10.9 Å². The Morgan fingerprint density at radius 2 is 1.85 bits per heavy atom. The zero-order chi connectivity index (χ0) is 27.5. The molecule has 4 heterocycles. The average molecular weight is 557 g/mol. The van der Waals surface area contributed by atoms with Gasteiger partial charge in [0.2, 0.25) is 5.91 Å². The molecule has 11 heteroatoms. The van der Waals surface area contributed by atoms with Gasteiger partial charge in [-0.05, 0) is 71.4 Å². The molecule has 222 valence electrons. The van der Waals surface area contributed by atoms with Crippen LogP contribution in [0.2, 0.25) is 0 Å². The summed E-state index contributed by atoms with van der Waals surface area (Å²) in [5.41, 5.74) is 6.66. The Hall–Kier alpha value is -0.980. The largest absolute Gasteiger partial charge is 0.392 e. The first-order chi connectivity index (χ1) is 18.6. The molecular formula is C28H47F3N6O2. The minimum Gasteiger partial charge on any atom is -0.380 e. The molecule has 4 aliphatic heterocycles. The van der Waals surface area contributed by atoms with E-state index in [1.165, 1.54) is 0 Å². The molecule has 0 aromatic rings. The smallest absolute Gasteiger partial charge is 0.380 e. The number of hydrogen-bond donors (Lipinski definition) is 2. The van der Waals surface area contributed by atoms with Crippen molar-refractivity contribution in [1.29, 1.82) is 0 Å². The van der Waals surface area contributed by atoms with Crippen molar-refractivity contribution < 1.29 is 22.7 Å². The Morgan fingerprint density at radius 1 is 1.05 bits per heavy atom.